The minimum Gasteiger partial charge on any atom is -0.468 e. The quantitative estimate of drug-likeness (QED) is 0.0539. The number of amides is 4. The van der Waals surface area contributed by atoms with Gasteiger partial charge in [0.2, 0.25) is 23.6 Å². The lowest BCUT2D eigenvalue weighted by atomic mass is 9.98. The number of nitrogens with two attached hydrogens (primary N) is 2. The number of rotatable bonds is 17. The summed E-state index contributed by atoms with van der Waals surface area (Å²) in [4.78, 5) is 85.5. The van der Waals surface area contributed by atoms with Gasteiger partial charge in [-0.25, -0.2) is 0 Å². The summed E-state index contributed by atoms with van der Waals surface area (Å²) in [5.41, 5.74) is 15.8. The summed E-state index contributed by atoms with van der Waals surface area (Å²) in [6.07, 6.45) is 3.04. The second kappa shape index (κ2) is 18.2. The van der Waals surface area contributed by atoms with Crippen molar-refractivity contribution in [1.82, 2.24) is 25.9 Å². The maximum atomic E-state index is 14.3. The molecule has 0 fully saturated rings. The number of esters is 2. The van der Waals surface area contributed by atoms with E-state index in [0.717, 1.165) is 41.6 Å². The third kappa shape index (κ3) is 10.1. The Hall–Kier alpha value is -6.19. The molecule has 5 aromatic rings. The predicted octanol–water partition coefficient (Wildman–Crippen LogP) is 1.95. The van der Waals surface area contributed by atoms with Crippen LogP contribution < -0.4 is 27.4 Å². The predicted molar refractivity (Wildman–Crippen MR) is 204 cm³/mol. The summed E-state index contributed by atoms with van der Waals surface area (Å²) in [6, 6.07) is 16.4. The first-order chi connectivity index (χ1) is 26.4. The zero-order valence-electron chi connectivity index (χ0n) is 30.1. The van der Waals surface area contributed by atoms with E-state index >= 15 is 0 Å². The van der Waals surface area contributed by atoms with Crippen LogP contribution in [0, 0.1) is 5.92 Å². The molecule has 4 amide bonds. The lowest BCUT2D eigenvalue weighted by Gasteiger charge is -2.26. The number of aromatic nitrogens is 2. The van der Waals surface area contributed by atoms with Gasteiger partial charge in [-0.05, 0) is 47.4 Å². The van der Waals surface area contributed by atoms with Crippen molar-refractivity contribution in [3.05, 3.63) is 107 Å². The SMILES string of the molecule is COC(=O)C(C[C@H](NC(=O)[C@H](Cc1ccc(Cl)cc1)NC(=O)[C@@H](Cc1c[nH]c2ccccc12)NC(=O)[C@H](N)Cc1c[nH]c2ccccc12)C(N)=O)C(=O)OC. The highest BCUT2D eigenvalue weighted by Gasteiger charge is 2.36. The number of nitrogens with one attached hydrogen (secondary N) is 5. The van der Waals surface area contributed by atoms with Gasteiger partial charge in [-0.3, -0.25) is 28.8 Å². The van der Waals surface area contributed by atoms with Crippen LogP contribution in [-0.4, -0.2) is 83.9 Å². The molecule has 9 N–H and O–H groups in total. The van der Waals surface area contributed by atoms with Crippen LogP contribution in [0.4, 0.5) is 0 Å². The smallest absolute Gasteiger partial charge is 0.320 e. The van der Waals surface area contributed by atoms with E-state index in [0.29, 0.717) is 16.1 Å². The average molecular weight is 772 g/mol. The molecule has 3 aromatic carbocycles. The maximum Gasteiger partial charge on any atom is 0.320 e. The number of benzene rings is 3. The van der Waals surface area contributed by atoms with E-state index in [1.165, 1.54) is 0 Å². The highest BCUT2D eigenvalue weighted by molar-refractivity contribution is 6.30. The fourth-order valence-corrected chi connectivity index (χ4v) is 6.43. The van der Waals surface area contributed by atoms with E-state index in [-0.39, 0.29) is 19.3 Å². The van der Waals surface area contributed by atoms with Gasteiger partial charge in [0.15, 0.2) is 5.92 Å². The van der Waals surface area contributed by atoms with Crippen LogP contribution in [0.15, 0.2) is 85.2 Å². The molecule has 0 aliphatic carbocycles. The first-order valence-electron chi connectivity index (χ1n) is 17.3. The summed E-state index contributed by atoms with van der Waals surface area (Å²) in [7, 11) is 2.10. The lowest BCUT2D eigenvalue weighted by molar-refractivity contribution is -0.159. The Morgan fingerprint density at radius 2 is 1.13 bits per heavy atom. The van der Waals surface area contributed by atoms with Crippen molar-refractivity contribution in [3.8, 4) is 0 Å². The lowest BCUT2D eigenvalue weighted by Crippen LogP contribution is -2.59. The summed E-state index contributed by atoms with van der Waals surface area (Å²) in [6.45, 7) is 0. The molecule has 0 aliphatic heterocycles. The van der Waals surface area contributed by atoms with Crippen molar-refractivity contribution in [1.29, 1.82) is 0 Å². The number of H-pyrrole nitrogens is 2. The molecule has 0 bridgehead atoms. The number of hydrogen-bond acceptors (Lipinski definition) is 9. The number of primary amides is 1. The number of ether oxygens (including phenoxy) is 2. The molecule has 0 aliphatic rings. The molecular formula is C39H42ClN7O8. The fourth-order valence-electron chi connectivity index (χ4n) is 6.30. The van der Waals surface area contributed by atoms with Crippen LogP contribution in [-0.2, 0) is 57.5 Å². The summed E-state index contributed by atoms with van der Waals surface area (Å²) in [5.74, 6) is -6.85. The molecule has 5 rings (SSSR count). The molecule has 55 heavy (non-hydrogen) atoms. The van der Waals surface area contributed by atoms with Crippen LogP contribution >= 0.6 is 11.6 Å². The highest BCUT2D eigenvalue weighted by Crippen LogP contribution is 2.21. The number of halogens is 1. The Kier molecular flexibility index (Phi) is 13.3. The van der Waals surface area contributed by atoms with Gasteiger partial charge in [-0.1, -0.05) is 60.1 Å². The first-order valence-corrected chi connectivity index (χ1v) is 17.7. The van der Waals surface area contributed by atoms with Gasteiger partial charge in [-0.2, -0.15) is 0 Å². The van der Waals surface area contributed by atoms with E-state index in [1.807, 2.05) is 48.5 Å². The molecule has 0 saturated carbocycles. The zero-order chi connectivity index (χ0) is 39.6. The Morgan fingerprint density at radius 3 is 1.65 bits per heavy atom. The Balaban J connectivity index is 1.41. The monoisotopic (exact) mass is 771 g/mol. The molecule has 0 radical (unpaired) electrons. The maximum absolute atomic E-state index is 14.3. The van der Waals surface area contributed by atoms with E-state index in [9.17, 15) is 28.8 Å². The van der Waals surface area contributed by atoms with Crippen LogP contribution in [0.5, 0.6) is 0 Å². The molecular weight excluding hydrogens is 730 g/mol. The zero-order valence-corrected chi connectivity index (χ0v) is 30.9. The fraction of sp³-hybridized carbons (Fsp3) is 0.282. The van der Waals surface area contributed by atoms with Crippen LogP contribution in [0.2, 0.25) is 5.02 Å². The Morgan fingerprint density at radius 1 is 0.655 bits per heavy atom. The topological polar surface area (TPSA) is 241 Å². The summed E-state index contributed by atoms with van der Waals surface area (Å²) in [5, 5.41) is 10.2. The van der Waals surface area contributed by atoms with Crippen molar-refractivity contribution < 1.29 is 38.2 Å². The second-order valence-corrected chi connectivity index (χ2v) is 13.4. The number of hydrogen-bond donors (Lipinski definition) is 7. The van der Waals surface area contributed by atoms with Crippen molar-refractivity contribution in [3.63, 3.8) is 0 Å². The number of carbonyl (C=O) groups excluding carboxylic acids is 6. The summed E-state index contributed by atoms with van der Waals surface area (Å²) < 4.78 is 9.36. The van der Waals surface area contributed by atoms with Crippen LogP contribution in [0.3, 0.4) is 0 Å². The van der Waals surface area contributed by atoms with Crippen molar-refractivity contribution in [2.24, 2.45) is 17.4 Å². The Labute approximate surface area is 320 Å². The molecule has 15 nitrogen and oxygen atoms in total. The molecule has 0 saturated heterocycles. The van der Waals surface area contributed by atoms with E-state index in [2.05, 4.69) is 35.4 Å². The molecule has 0 unspecified atom stereocenters. The van der Waals surface area contributed by atoms with Crippen LogP contribution in [0.25, 0.3) is 21.8 Å². The van der Waals surface area contributed by atoms with Gasteiger partial charge in [0.05, 0.1) is 20.3 Å². The van der Waals surface area contributed by atoms with Gasteiger partial charge >= 0.3 is 11.9 Å². The average Bonchev–Trinajstić information content (AvgIpc) is 3.79. The molecule has 2 aromatic heterocycles. The van der Waals surface area contributed by atoms with E-state index < -0.39 is 72.1 Å². The van der Waals surface area contributed by atoms with E-state index in [4.69, 9.17) is 23.1 Å². The van der Waals surface area contributed by atoms with Gasteiger partial charge in [0, 0.05) is 58.5 Å². The molecule has 16 heteroatoms. The number of methoxy groups -OCH3 is 2. The standard InChI is InChI=1S/C39H42ClN7O8/c1-54-38(52)27(39(53)55-2)18-31(34(42)48)45-36(50)32(15-21-11-13-24(40)14-12-21)47-37(51)33(17-23-20-44-30-10-6-4-8-26(23)30)46-35(49)28(41)16-22-19-43-29-9-5-3-7-25(22)29/h3-14,19-20,27-28,31-33,43-44H,15-18,41H2,1-2H3,(H2,42,48)(H,45,50)(H,46,49)(H,47,51)/t28-,31+,32+,33-/m1/s1. The van der Waals surface area contributed by atoms with Crippen molar-refractivity contribution in [2.75, 3.05) is 14.2 Å². The normalized spacial score (nSPS) is 13.4. The number of carbonyl (C=O) groups is 6. The van der Waals surface area contributed by atoms with Gasteiger partial charge in [-0.15, -0.1) is 0 Å². The third-order valence-corrected chi connectivity index (χ3v) is 9.52. The van der Waals surface area contributed by atoms with Crippen LogP contribution in [0.1, 0.15) is 23.1 Å². The molecule has 0 spiro atoms. The number of para-hydroxylation sites is 2. The second-order valence-electron chi connectivity index (χ2n) is 13.0. The van der Waals surface area contributed by atoms with Gasteiger partial charge in [0.25, 0.3) is 0 Å². The number of fused-ring (bicyclic) bond motifs is 2. The minimum atomic E-state index is -1.58. The molecule has 4 atom stereocenters. The molecule has 288 valence electrons. The Bertz CT molecular complexity index is 2170. The first kappa shape index (κ1) is 40.0. The van der Waals surface area contributed by atoms with Gasteiger partial charge in [0.1, 0.15) is 18.1 Å². The van der Waals surface area contributed by atoms with Crippen molar-refractivity contribution >= 4 is 69.0 Å². The number of aromatic amines is 2. The van der Waals surface area contributed by atoms with Gasteiger partial charge < -0.3 is 46.9 Å². The minimum absolute atomic E-state index is 0.0144. The highest BCUT2D eigenvalue weighted by atomic mass is 35.5. The summed E-state index contributed by atoms with van der Waals surface area (Å²) >= 11 is 6.09. The third-order valence-electron chi connectivity index (χ3n) is 9.27. The molecule has 2 heterocycles. The van der Waals surface area contributed by atoms with E-state index in [1.54, 1.807) is 36.7 Å². The van der Waals surface area contributed by atoms with Crippen molar-refractivity contribution in [2.45, 2.75) is 49.9 Å². The largest absolute Gasteiger partial charge is 0.468 e.